The maximum absolute atomic E-state index is 11.6. The Morgan fingerprint density at radius 2 is 2.12 bits per heavy atom. The number of aromatic nitrogens is 1. The summed E-state index contributed by atoms with van der Waals surface area (Å²) in [4.78, 5) is 15.9. The number of thiazole rings is 1. The largest absolute Gasteiger partial charge is 0.330 e. The lowest BCUT2D eigenvalue weighted by Gasteiger charge is -1.99. The first-order valence-corrected chi connectivity index (χ1v) is 6.73. The van der Waals surface area contributed by atoms with Gasteiger partial charge in [-0.1, -0.05) is 12.8 Å². The summed E-state index contributed by atoms with van der Waals surface area (Å²) in [6, 6.07) is 0. The molecular weight excluding hydrogens is 220 g/mol. The first-order chi connectivity index (χ1) is 7.72. The van der Waals surface area contributed by atoms with Crippen LogP contribution in [0, 0.1) is 6.92 Å². The van der Waals surface area contributed by atoms with Crippen LogP contribution in [0.4, 0.5) is 0 Å². The van der Waals surface area contributed by atoms with Gasteiger partial charge in [-0.2, -0.15) is 0 Å². The van der Waals surface area contributed by atoms with Gasteiger partial charge in [-0.05, 0) is 26.3 Å². The molecule has 0 bridgehead atoms. The number of nitrogens with two attached hydrogens (primary N) is 1. The van der Waals surface area contributed by atoms with E-state index in [0.29, 0.717) is 18.6 Å². The standard InChI is InChI=1S/C12H20N2OS/c1-10-9-16-12(14-10)8-11(15)6-4-2-3-5-7-13/h9H,2-8,13H2,1H3. The molecule has 0 atom stereocenters. The SMILES string of the molecule is Cc1csc(CC(=O)CCCCCCN)n1. The highest BCUT2D eigenvalue weighted by Crippen LogP contribution is 2.11. The van der Waals surface area contributed by atoms with Gasteiger partial charge in [0, 0.05) is 17.5 Å². The number of hydrogen-bond donors (Lipinski definition) is 1. The molecule has 0 amide bonds. The maximum Gasteiger partial charge on any atom is 0.139 e. The molecule has 0 aromatic carbocycles. The van der Waals surface area contributed by atoms with Gasteiger partial charge in [0.05, 0.1) is 6.42 Å². The van der Waals surface area contributed by atoms with E-state index < -0.39 is 0 Å². The number of aryl methyl sites for hydroxylation is 1. The molecule has 0 saturated heterocycles. The minimum absolute atomic E-state index is 0.307. The number of Topliss-reactive ketones (excluding diaryl/α,β-unsaturated/α-hetero) is 1. The fourth-order valence-corrected chi connectivity index (χ4v) is 2.36. The maximum atomic E-state index is 11.6. The fourth-order valence-electron chi connectivity index (χ4n) is 1.56. The average molecular weight is 240 g/mol. The van der Waals surface area contributed by atoms with E-state index in [4.69, 9.17) is 5.73 Å². The molecule has 1 aromatic rings. The van der Waals surface area contributed by atoms with Crippen molar-refractivity contribution in [3.05, 3.63) is 16.1 Å². The molecule has 0 fully saturated rings. The number of unbranched alkanes of at least 4 members (excludes halogenated alkanes) is 3. The van der Waals surface area contributed by atoms with Gasteiger partial charge in [-0.25, -0.2) is 4.98 Å². The van der Waals surface area contributed by atoms with Crippen molar-refractivity contribution < 1.29 is 4.79 Å². The van der Waals surface area contributed by atoms with Crippen molar-refractivity contribution in [1.29, 1.82) is 0 Å². The summed E-state index contributed by atoms with van der Waals surface area (Å²) < 4.78 is 0. The minimum atomic E-state index is 0.307. The highest BCUT2D eigenvalue weighted by atomic mass is 32.1. The van der Waals surface area contributed by atoms with Gasteiger partial charge in [0.15, 0.2) is 0 Å². The summed E-state index contributed by atoms with van der Waals surface area (Å²) >= 11 is 1.58. The van der Waals surface area contributed by atoms with Gasteiger partial charge in [0.2, 0.25) is 0 Å². The molecule has 2 N–H and O–H groups in total. The Bertz CT molecular complexity index is 323. The average Bonchev–Trinajstić information content (AvgIpc) is 2.63. The second-order valence-corrected chi connectivity index (χ2v) is 4.99. The molecule has 0 unspecified atom stereocenters. The van der Waals surface area contributed by atoms with Crippen LogP contribution in [0.25, 0.3) is 0 Å². The molecule has 1 aromatic heterocycles. The van der Waals surface area contributed by atoms with Crippen molar-refractivity contribution in [1.82, 2.24) is 4.98 Å². The Labute approximate surface area is 101 Å². The number of nitrogens with zero attached hydrogens (tertiary/aromatic N) is 1. The van der Waals surface area contributed by atoms with Crippen LogP contribution in [0.5, 0.6) is 0 Å². The predicted molar refractivity (Wildman–Crippen MR) is 67.7 cm³/mol. The first-order valence-electron chi connectivity index (χ1n) is 5.85. The van der Waals surface area contributed by atoms with Gasteiger partial charge in [0.1, 0.15) is 10.8 Å². The van der Waals surface area contributed by atoms with E-state index in [1.54, 1.807) is 11.3 Å². The van der Waals surface area contributed by atoms with Gasteiger partial charge in [-0.3, -0.25) is 4.79 Å². The van der Waals surface area contributed by atoms with Crippen LogP contribution in [0.1, 0.15) is 42.8 Å². The Hall–Kier alpha value is -0.740. The smallest absolute Gasteiger partial charge is 0.139 e. The Balaban J connectivity index is 2.11. The second kappa shape index (κ2) is 7.52. The summed E-state index contributed by atoms with van der Waals surface area (Å²) in [5.41, 5.74) is 6.41. The van der Waals surface area contributed by atoms with Crippen LogP contribution in [0.3, 0.4) is 0 Å². The number of ketones is 1. The highest BCUT2D eigenvalue weighted by molar-refractivity contribution is 7.09. The number of carbonyl (C=O) groups is 1. The van der Waals surface area contributed by atoms with Crippen LogP contribution < -0.4 is 5.73 Å². The molecule has 90 valence electrons. The lowest BCUT2D eigenvalue weighted by Crippen LogP contribution is -2.03. The fraction of sp³-hybridized carbons (Fsp3) is 0.667. The zero-order valence-electron chi connectivity index (χ0n) is 9.87. The quantitative estimate of drug-likeness (QED) is 0.710. The molecule has 0 aliphatic carbocycles. The van der Waals surface area contributed by atoms with Gasteiger partial charge < -0.3 is 5.73 Å². The lowest BCUT2D eigenvalue weighted by molar-refractivity contribution is -0.118. The molecule has 0 saturated carbocycles. The predicted octanol–water partition coefficient (Wildman–Crippen LogP) is 2.47. The number of hydrogen-bond acceptors (Lipinski definition) is 4. The Morgan fingerprint density at radius 1 is 1.38 bits per heavy atom. The molecule has 0 aliphatic heterocycles. The van der Waals surface area contributed by atoms with Crippen LogP contribution >= 0.6 is 11.3 Å². The summed E-state index contributed by atoms with van der Waals surface area (Å²) in [5, 5.41) is 2.94. The molecule has 0 radical (unpaired) electrons. The van der Waals surface area contributed by atoms with Crippen LogP contribution in [0.2, 0.25) is 0 Å². The number of carbonyl (C=O) groups excluding carboxylic acids is 1. The third-order valence-electron chi connectivity index (χ3n) is 2.42. The van der Waals surface area contributed by atoms with E-state index in [-0.39, 0.29) is 0 Å². The Morgan fingerprint density at radius 3 is 2.75 bits per heavy atom. The lowest BCUT2D eigenvalue weighted by atomic mass is 10.1. The highest BCUT2D eigenvalue weighted by Gasteiger charge is 2.06. The van der Waals surface area contributed by atoms with E-state index in [1.165, 1.54) is 0 Å². The first kappa shape index (κ1) is 13.3. The summed E-state index contributed by atoms with van der Waals surface area (Å²) in [6.45, 7) is 2.71. The van der Waals surface area contributed by atoms with E-state index in [2.05, 4.69) is 4.98 Å². The van der Waals surface area contributed by atoms with Crippen molar-refractivity contribution >= 4 is 17.1 Å². The third kappa shape index (κ3) is 5.37. The normalized spacial score (nSPS) is 10.6. The molecule has 1 rings (SSSR count). The molecule has 4 heteroatoms. The van der Waals surface area contributed by atoms with Crippen LogP contribution in [-0.2, 0) is 11.2 Å². The monoisotopic (exact) mass is 240 g/mol. The molecular formula is C12H20N2OS. The van der Waals surface area contributed by atoms with Gasteiger partial charge >= 0.3 is 0 Å². The topological polar surface area (TPSA) is 56.0 Å². The minimum Gasteiger partial charge on any atom is -0.330 e. The van der Waals surface area contributed by atoms with Crippen LogP contribution in [0.15, 0.2) is 5.38 Å². The third-order valence-corrected chi connectivity index (χ3v) is 3.39. The van der Waals surface area contributed by atoms with Crippen molar-refractivity contribution in [2.45, 2.75) is 45.4 Å². The molecule has 0 aliphatic rings. The van der Waals surface area contributed by atoms with Crippen molar-refractivity contribution in [3.8, 4) is 0 Å². The molecule has 16 heavy (non-hydrogen) atoms. The second-order valence-electron chi connectivity index (χ2n) is 4.05. The summed E-state index contributed by atoms with van der Waals surface area (Å²) in [7, 11) is 0. The molecule has 1 heterocycles. The Kier molecular flexibility index (Phi) is 6.26. The number of rotatable bonds is 8. The summed E-state index contributed by atoms with van der Waals surface area (Å²) in [5.74, 6) is 0.307. The van der Waals surface area contributed by atoms with Crippen molar-refractivity contribution in [2.24, 2.45) is 5.73 Å². The van der Waals surface area contributed by atoms with Crippen molar-refractivity contribution in [3.63, 3.8) is 0 Å². The van der Waals surface area contributed by atoms with Crippen LogP contribution in [-0.4, -0.2) is 17.3 Å². The van der Waals surface area contributed by atoms with E-state index in [0.717, 1.165) is 42.9 Å². The van der Waals surface area contributed by atoms with E-state index >= 15 is 0 Å². The zero-order valence-corrected chi connectivity index (χ0v) is 10.7. The zero-order chi connectivity index (χ0) is 11.8. The summed E-state index contributed by atoms with van der Waals surface area (Å²) in [6.07, 6.45) is 5.50. The van der Waals surface area contributed by atoms with Gasteiger partial charge in [-0.15, -0.1) is 11.3 Å². The molecule has 3 nitrogen and oxygen atoms in total. The van der Waals surface area contributed by atoms with Gasteiger partial charge in [0.25, 0.3) is 0 Å². The van der Waals surface area contributed by atoms with E-state index in [1.807, 2.05) is 12.3 Å². The van der Waals surface area contributed by atoms with E-state index in [9.17, 15) is 4.79 Å². The molecule has 0 spiro atoms. The van der Waals surface area contributed by atoms with Crippen molar-refractivity contribution in [2.75, 3.05) is 6.54 Å².